The number of nitrogens with zero attached hydrogens (tertiary/aromatic N) is 2. The maximum absolute atomic E-state index is 4.85. The molecule has 0 spiro atoms. The molecule has 3 heteroatoms. The van der Waals surface area contributed by atoms with Gasteiger partial charge in [0.15, 0.2) is 0 Å². The lowest BCUT2D eigenvalue weighted by Crippen LogP contribution is -2.14. The normalized spacial score (nSPS) is 11.0. The van der Waals surface area contributed by atoms with E-state index in [1.165, 1.54) is 28.1 Å². The van der Waals surface area contributed by atoms with Crippen LogP contribution in [0.1, 0.15) is 48.8 Å². The molecule has 0 saturated carbocycles. The first kappa shape index (κ1) is 15.8. The molecular weight excluding hydrogens is 258 g/mol. The molecular formula is C18H27N3. The van der Waals surface area contributed by atoms with Crippen LogP contribution < -0.4 is 5.32 Å². The minimum Gasteiger partial charge on any atom is -0.313 e. The number of nitrogens with one attached hydrogen (secondary N) is 1. The Morgan fingerprint density at radius 2 is 1.76 bits per heavy atom. The van der Waals surface area contributed by atoms with Crippen LogP contribution in [0.5, 0.6) is 0 Å². The van der Waals surface area contributed by atoms with Crippen molar-refractivity contribution in [2.45, 2.75) is 53.6 Å². The first-order chi connectivity index (χ1) is 10.2. The van der Waals surface area contributed by atoms with Crippen LogP contribution in [0.4, 0.5) is 0 Å². The fraction of sp³-hybridized carbons (Fsp3) is 0.500. The minimum atomic E-state index is 0.864. The summed E-state index contributed by atoms with van der Waals surface area (Å²) in [5.74, 6) is 0. The maximum Gasteiger partial charge on any atom is 0.0669 e. The second-order valence-corrected chi connectivity index (χ2v) is 5.50. The smallest absolute Gasteiger partial charge is 0.0669 e. The second-order valence-electron chi connectivity index (χ2n) is 5.50. The molecule has 0 fully saturated rings. The summed E-state index contributed by atoms with van der Waals surface area (Å²) < 4.78 is 2.19. The van der Waals surface area contributed by atoms with Crippen LogP contribution in [0.3, 0.4) is 0 Å². The molecule has 1 aromatic heterocycles. The zero-order valence-electron chi connectivity index (χ0n) is 13.7. The van der Waals surface area contributed by atoms with Crippen molar-refractivity contribution < 1.29 is 0 Å². The molecule has 0 aliphatic heterocycles. The molecule has 3 nitrogen and oxygen atoms in total. The SMILES string of the molecule is CCNCc1c(CC)nn(Cc2ccc(C)cc2)c1CC. The van der Waals surface area contributed by atoms with Gasteiger partial charge in [0, 0.05) is 17.8 Å². The number of hydrogen-bond donors (Lipinski definition) is 1. The molecule has 0 radical (unpaired) electrons. The van der Waals surface area contributed by atoms with E-state index in [1.54, 1.807) is 0 Å². The molecule has 21 heavy (non-hydrogen) atoms. The minimum absolute atomic E-state index is 0.864. The molecule has 1 N–H and O–H groups in total. The molecule has 0 aliphatic rings. The number of rotatable bonds is 7. The molecule has 2 aromatic rings. The summed E-state index contributed by atoms with van der Waals surface area (Å²) >= 11 is 0. The van der Waals surface area contributed by atoms with Crippen molar-refractivity contribution in [3.8, 4) is 0 Å². The van der Waals surface area contributed by atoms with E-state index in [-0.39, 0.29) is 0 Å². The van der Waals surface area contributed by atoms with Gasteiger partial charge in [-0.2, -0.15) is 5.10 Å². The fourth-order valence-corrected chi connectivity index (χ4v) is 2.72. The summed E-state index contributed by atoms with van der Waals surface area (Å²) in [6, 6.07) is 8.74. The molecule has 0 atom stereocenters. The third kappa shape index (κ3) is 3.73. The van der Waals surface area contributed by atoms with Crippen molar-refractivity contribution in [2.24, 2.45) is 0 Å². The van der Waals surface area contributed by atoms with Crippen molar-refractivity contribution in [3.63, 3.8) is 0 Å². The Kier molecular flexibility index (Phi) is 5.57. The highest BCUT2D eigenvalue weighted by molar-refractivity contribution is 5.28. The van der Waals surface area contributed by atoms with Crippen molar-refractivity contribution in [3.05, 3.63) is 52.3 Å². The third-order valence-electron chi connectivity index (χ3n) is 3.92. The van der Waals surface area contributed by atoms with E-state index in [1.807, 2.05) is 0 Å². The Morgan fingerprint density at radius 1 is 1.05 bits per heavy atom. The van der Waals surface area contributed by atoms with Gasteiger partial charge in [-0.05, 0) is 31.9 Å². The molecule has 114 valence electrons. The summed E-state index contributed by atoms with van der Waals surface area (Å²) in [7, 11) is 0. The standard InChI is InChI=1S/C18H27N3/c1-5-17-16(12-19-7-3)18(6-2)21(20-17)13-15-10-8-14(4)9-11-15/h8-11,19H,5-7,12-13H2,1-4H3. The quantitative estimate of drug-likeness (QED) is 0.844. The summed E-state index contributed by atoms with van der Waals surface area (Å²) in [6.07, 6.45) is 2.02. The van der Waals surface area contributed by atoms with Gasteiger partial charge < -0.3 is 5.32 Å². The average molecular weight is 285 g/mol. The van der Waals surface area contributed by atoms with Crippen LogP contribution in [0.25, 0.3) is 0 Å². The van der Waals surface area contributed by atoms with E-state index in [0.29, 0.717) is 0 Å². The highest BCUT2D eigenvalue weighted by atomic mass is 15.3. The summed E-state index contributed by atoms with van der Waals surface area (Å²) in [6.45, 7) is 11.5. The van der Waals surface area contributed by atoms with Crippen LogP contribution in [0.15, 0.2) is 24.3 Å². The zero-order chi connectivity index (χ0) is 15.2. The third-order valence-corrected chi connectivity index (χ3v) is 3.92. The molecule has 2 rings (SSSR count). The van der Waals surface area contributed by atoms with Gasteiger partial charge >= 0.3 is 0 Å². The Hall–Kier alpha value is -1.61. The largest absolute Gasteiger partial charge is 0.313 e. The summed E-state index contributed by atoms with van der Waals surface area (Å²) in [5.41, 5.74) is 6.62. The van der Waals surface area contributed by atoms with Crippen LogP contribution in [0.2, 0.25) is 0 Å². The van der Waals surface area contributed by atoms with Gasteiger partial charge in [0.25, 0.3) is 0 Å². The number of aromatic nitrogens is 2. The van der Waals surface area contributed by atoms with Crippen LogP contribution >= 0.6 is 0 Å². The van der Waals surface area contributed by atoms with E-state index in [2.05, 4.69) is 62.0 Å². The Labute approximate surface area is 128 Å². The van der Waals surface area contributed by atoms with Gasteiger partial charge in [0.05, 0.1) is 12.2 Å². The van der Waals surface area contributed by atoms with Gasteiger partial charge in [0.2, 0.25) is 0 Å². The van der Waals surface area contributed by atoms with Crippen LogP contribution in [-0.2, 0) is 25.9 Å². The molecule has 0 bridgehead atoms. The Bertz CT molecular complexity index is 567. The predicted octanol–water partition coefficient (Wildman–Crippen LogP) is 3.47. The molecule has 0 unspecified atom stereocenters. The number of benzene rings is 1. The Balaban J connectivity index is 2.29. The van der Waals surface area contributed by atoms with Gasteiger partial charge in [-0.1, -0.05) is 50.6 Å². The first-order valence-corrected chi connectivity index (χ1v) is 8.03. The summed E-state index contributed by atoms with van der Waals surface area (Å²) in [5, 5.41) is 8.29. The van der Waals surface area contributed by atoms with Gasteiger partial charge in [0.1, 0.15) is 0 Å². The molecule has 0 aliphatic carbocycles. The second kappa shape index (κ2) is 7.41. The monoisotopic (exact) mass is 285 g/mol. The van der Waals surface area contributed by atoms with Crippen molar-refractivity contribution in [1.82, 2.24) is 15.1 Å². The van der Waals surface area contributed by atoms with Crippen molar-refractivity contribution >= 4 is 0 Å². The lowest BCUT2D eigenvalue weighted by Gasteiger charge is -2.09. The van der Waals surface area contributed by atoms with E-state index in [0.717, 1.165) is 32.5 Å². The molecule has 0 amide bonds. The summed E-state index contributed by atoms with van der Waals surface area (Å²) in [4.78, 5) is 0. The highest BCUT2D eigenvalue weighted by Crippen LogP contribution is 2.18. The fourth-order valence-electron chi connectivity index (χ4n) is 2.72. The van der Waals surface area contributed by atoms with E-state index < -0.39 is 0 Å². The molecule has 0 saturated heterocycles. The van der Waals surface area contributed by atoms with Crippen LogP contribution in [0, 0.1) is 6.92 Å². The number of hydrogen-bond acceptors (Lipinski definition) is 2. The van der Waals surface area contributed by atoms with Gasteiger partial charge in [-0.25, -0.2) is 0 Å². The maximum atomic E-state index is 4.85. The zero-order valence-corrected chi connectivity index (χ0v) is 13.7. The predicted molar refractivity (Wildman–Crippen MR) is 88.6 cm³/mol. The van der Waals surface area contributed by atoms with Gasteiger partial charge in [-0.3, -0.25) is 4.68 Å². The Morgan fingerprint density at radius 3 is 2.33 bits per heavy atom. The van der Waals surface area contributed by atoms with Crippen LogP contribution in [-0.4, -0.2) is 16.3 Å². The van der Waals surface area contributed by atoms with E-state index >= 15 is 0 Å². The van der Waals surface area contributed by atoms with Gasteiger partial charge in [-0.15, -0.1) is 0 Å². The average Bonchev–Trinajstić information content (AvgIpc) is 2.84. The number of aryl methyl sites for hydroxylation is 2. The molecule has 1 aromatic carbocycles. The van der Waals surface area contributed by atoms with Crippen molar-refractivity contribution in [2.75, 3.05) is 6.54 Å². The highest BCUT2D eigenvalue weighted by Gasteiger charge is 2.15. The van der Waals surface area contributed by atoms with Crippen molar-refractivity contribution in [1.29, 1.82) is 0 Å². The lowest BCUT2D eigenvalue weighted by atomic mass is 10.1. The van der Waals surface area contributed by atoms with E-state index in [4.69, 9.17) is 5.10 Å². The topological polar surface area (TPSA) is 29.9 Å². The lowest BCUT2D eigenvalue weighted by molar-refractivity contribution is 0.637. The molecule has 1 heterocycles. The van der Waals surface area contributed by atoms with E-state index in [9.17, 15) is 0 Å². The first-order valence-electron chi connectivity index (χ1n) is 8.03.